The van der Waals surface area contributed by atoms with Crippen LogP contribution in [0.4, 0.5) is 8.78 Å². The molecule has 74 valence electrons. The van der Waals surface area contributed by atoms with Gasteiger partial charge in [0.2, 0.25) is 0 Å². The Kier molecular flexibility index (Phi) is 3.36. The van der Waals surface area contributed by atoms with Crippen LogP contribution in [0.25, 0.3) is 0 Å². The van der Waals surface area contributed by atoms with E-state index in [0.29, 0.717) is 0 Å². The van der Waals surface area contributed by atoms with E-state index in [4.69, 9.17) is 10.00 Å². The van der Waals surface area contributed by atoms with Crippen LogP contribution in [0.1, 0.15) is 17.7 Å². The molecule has 0 aliphatic rings. The Morgan fingerprint density at radius 1 is 1.64 bits per heavy atom. The second-order valence-corrected chi connectivity index (χ2v) is 3.08. The number of aromatic nitrogens is 1. The van der Waals surface area contributed by atoms with Crippen molar-refractivity contribution in [3.63, 3.8) is 0 Å². The summed E-state index contributed by atoms with van der Waals surface area (Å²) in [4.78, 5) is 3.54. The third-order valence-electron chi connectivity index (χ3n) is 1.50. The first-order valence-corrected chi connectivity index (χ1v) is 4.32. The molecule has 14 heavy (non-hydrogen) atoms. The minimum atomic E-state index is -2.70. The number of hydrogen-bond donors (Lipinski definition) is 0. The number of alkyl halides is 2. The zero-order valence-corrected chi connectivity index (χ0v) is 8.68. The summed E-state index contributed by atoms with van der Waals surface area (Å²) in [6, 6.07) is 2.76. The van der Waals surface area contributed by atoms with E-state index in [1.807, 2.05) is 0 Å². The lowest BCUT2D eigenvalue weighted by Crippen LogP contribution is -1.97. The fourth-order valence-electron chi connectivity index (χ4n) is 0.910. The van der Waals surface area contributed by atoms with E-state index in [1.54, 1.807) is 6.07 Å². The molecular formula is C8H5BrF2N2O. The van der Waals surface area contributed by atoms with Crippen molar-refractivity contribution in [2.24, 2.45) is 0 Å². The van der Waals surface area contributed by atoms with Gasteiger partial charge >= 0.3 is 0 Å². The number of methoxy groups -OCH3 is 1. The minimum absolute atomic E-state index is 0.0321. The van der Waals surface area contributed by atoms with Crippen LogP contribution in [-0.4, -0.2) is 12.1 Å². The summed E-state index contributed by atoms with van der Waals surface area (Å²) in [6.45, 7) is 0. The van der Waals surface area contributed by atoms with Gasteiger partial charge in [-0.25, -0.2) is 13.8 Å². The first kappa shape index (κ1) is 10.9. The molecule has 0 unspecified atom stereocenters. The van der Waals surface area contributed by atoms with Gasteiger partial charge in [-0.3, -0.25) is 0 Å². The van der Waals surface area contributed by atoms with E-state index in [2.05, 4.69) is 20.9 Å². The number of nitriles is 1. The number of hydrogen-bond acceptors (Lipinski definition) is 3. The topological polar surface area (TPSA) is 45.9 Å². The van der Waals surface area contributed by atoms with Gasteiger partial charge in [0.15, 0.2) is 5.75 Å². The third-order valence-corrected chi connectivity index (χ3v) is 2.04. The second-order valence-electron chi connectivity index (χ2n) is 2.33. The molecule has 1 aromatic heterocycles. The zero-order valence-electron chi connectivity index (χ0n) is 7.09. The quantitative estimate of drug-likeness (QED) is 0.770. The minimum Gasteiger partial charge on any atom is -0.493 e. The maximum Gasteiger partial charge on any atom is 0.280 e. The van der Waals surface area contributed by atoms with E-state index in [1.165, 1.54) is 7.11 Å². The van der Waals surface area contributed by atoms with Crippen LogP contribution in [0.3, 0.4) is 0 Å². The highest BCUT2D eigenvalue weighted by molar-refractivity contribution is 9.10. The van der Waals surface area contributed by atoms with Gasteiger partial charge in [0.05, 0.1) is 12.7 Å². The molecule has 0 aliphatic heterocycles. The van der Waals surface area contributed by atoms with Crippen molar-refractivity contribution < 1.29 is 13.5 Å². The lowest BCUT2D eigenvalue weighted by Gasteiger charge is -2.06. The molecule has 0 saturated carbocycles. The van der Waals surface area contributed by atoms with Crippen LogP contribution in [0.15, 0.2) is 10.7 Å². The van der Waals surface area contributed by atoms with Crippen molar-refractivity contribution in [3.05, 3.63) is 21.9 Å². The maximum atomic E-state index is 12.3. The maximum absolute atomic E-state index is 12.3. The Morgan fingerprint density at radius 3 is 2.71 bits per heavy atom. The van der Waals surface area contributed by atoms with Gasteiger partial charge in [0, 0.05) is 0 Å². The lowest BCUT2D eigenvalue weighted by atomic mass is 10.2. The van der Waals surface area contributed by atoms with Crippen molar-refractivity contribution in [1.29, 1.82) is 5.26 Å². The first-order valence-electron chi connectivity index (χ1n) is 3.52. The number of ether oxygens (including phenoxy) is 1. The Hall–Kier alpha value is -1.22. The zero-order chi connectivity index (χ0) is 10.7. The van der Waals surface area contributed by atoms with Crippen LogP contribution in [-0.2, 0) is 0 Å². The fourth-order valence-corrected chi connectivity index (χ4v) is 1.49. The van der Waals surface area contributed by atoms with Crippen LogP contribution in [0.5, 0.6) is 5.75 Å². The van der Waals surface area contributed by atoms with Crippen molar-refractivity contribution >= 4 is 15.9 Å². The normalized spacial score (nSPS) is 10.0. The van der Waals surface area contributed by atoms with Crippen LogP contribution < -0.4 is 4.74 Å². The molecule has 0 N–H and O–H groups in total. The van der Waals surface area contributed by atoms with E-state index in [0.717, 1.165) is 6.07 Å². The van der Waals surface area contributed by atoms with Gasteiger partial charge in [-0.1, -0.05) is 0 Å². The average molecular weight is 263 g/mol. The summed E-state index contributed by atoms with van der Waals surface area (Å²) in [5, 5.41) is 8.66. The predicted octanol–water partition coefficient (Wildman–Crippen LogP) is 2.66. The average Bonchev–Trinajstić information content (AvgIpc) is 2.16. The summed E-state index contributed by atoms with van der Waals surface area (Å²) in [5.41, 5.74) is -0.418. The molecule has 6 heteroatoms. The highest BCUT2D eigenvalue weighted by atomic mass is 79.9. The summed E-state index contributed by atoms with van der Waals surface area (Å²) < 4.78 is 29.5. The molecular weight excluding hydrogens is 258 g/mol. The molecule has 0 radical (unpaired) electrons. The predicted molar refractivity (Wildman–Crippen MR) is 48.2 cm³/mol. The van der Waals surface area contributed by atoms with Crippen molar-refractivity contribution in [1.82, 2.24) is 4.98 Å². The van der Waals surface area contributed by atoms with Crippen LogP contribution >= 0.6 is 15.9 Å². The molecule has 0 aliphatic carbocycles. The number of rotatable bonds is 2. The molecule has 0 fully saturated rings. The number of pyridine rings is 1. The molecule has 0 saturated heterocycles. The Labute approximate surface area is 87.5 Å². The number of halogens is 3. The fraction of sp³-hybridized carbons (Fsp3) is 0.250. The van der Waals surface area contributed by atoms with Gasteiger partial charge in [0.1, 0.15) is 16.4 Å². The van der Waals surface area contributed by atoms with Crippen molar-refractivity contribution in [3.8, 4) is 11.8 Å². The molecule has 0 atom stereocenters. The molecule has 0 spiro atoms. The van der Waals surface area contributed by atoms with Crippen molar-refractivity contribution in [2.45, 2.75) is 6.43 Å². The summed E-state index contributed by atoms with van der Waals surface area (Å²) in [7, 11) is 1.34. The monoisotopic (exact) mass is 262 g/mol. The third kappa shape index (κ3) is 1.99. The smallest absolute Gasteiger partial charge is 0.280 e. The summed E-state index contributed by atoms with van der Waals surface area (Å²) in [5.74, 6) is 0.164. The van der Waals surface area contributed by atoms with E-state index < -0.39 is 12.1 Å². The van der Waals surface area contributed by atoms with Crippen molar-refractivity contribution in [2.75, 3.05) is 7.11 Å². The van der Waals surface area contributed by atoms with Crippen LogP contribution in [0.2, 0.25) is 0 Å². The largest absolute Gasteiger partial charge is 0.493 e. The molecule has 0 bridgehead atoms. The Bertz CT molecular complexity index is 390. The lowest BCUT2D eigenvalue weighted by molar-refractivity contribution is 0.145. The Balaban J connectivity index is 3.33. The van der Waals surface area contributed by atoms with Gasteiger partial charge in [-0.15, -0.1) is 0 Å². The standard InChI is InChI=1S/C8H5BrF2N2O/c1-14-6-4(3-12)2-5(8(10)11)13-7(6)9/h2,8H,1H3. The van der Waals surface area contributed by atoms with Crippen LogP contribution in [0, 0.1) is 11.3 Å². The highest BCUT2D eigenvalue weighted by Gasteiger charge is 2.16. The van der Waals surface area contributed by atoms with Gasteiger partial charge < -0.3 is 4.74 Å². The van der Waals surface area contributed by atoms with Gasteiger partial charge in [-0.05, 0) is 22.0 Å². The molecule has 0 amide bonds. The van der Waals surface area contributed by atoms with E-state index >= 15 is 0 Å². The summed E-state index contributed by atoms with van der Waals surface area (Å²) >= 11 is 2.95. The molecule has 1 rings (SSSR count). The number of nitrogens with zero attached hydrogens (tertiary/aromatic N) is 2. The highest BCUT2D eigenvalue weighted by Crippen LogP contribution is 2.30. The molecule has 3 nitrogen and oxygen atoms in total. The second kappa shape index (κ2) is 4.33. The SMILES string of the molecule is COc1c(C#N)cc(C(F)F)nc1Br. The van der Waals surface area contributed by atoms with E-state index in [-0.39, 0.29) is 15.9 Å². The first-order chi connectivity index (χ1) is 6.60. The molecule has 0 aromatic carbocycles. The Morgan fingerprint density at radius 2 is 2.29 bits per heavy atom. The molecule has 1 heterocycles. The van der Waals surface area contributed by atoms with Gasteiger partial charge in [-0.2, -0.15) is 5.26 Å². The summed E-state index contributed by atoms with van der Waals surface area (Å²) in [6.07, 6.45) is -2.70. The molecule has 1 aromatic rings. The van der Waals surface area contributed by atoms with Gasteiger partial charge in [0.25, 0.3) is 6.43 Å². The van der Waals surface area contributed by atoms with E-state index in [9.17, 15) is 8.78 Å².